The number of thiophene rings is 1. The molecule has 1 aromatic carbocycles. The second kappa shape index (κ2) is 6.64. The lowest BCUT2D eigenvalue weighted by Crippen LogP contribution is -2.24. The lowest BCUT2D eigenvalue weighted by molar-refractivity contribution is 0.546. The number of halogens is 2. The molecule has 19 heavy (non-hydrogen) atoms. The molecule has 0 radical (unpaired) electrons. The summed E-state index contributed by atoms with van der Waals surface area (Å²) in [6, 6.07) is 5.03. The van der Waals surface area contributed by atoms with Gasteiger partial charge in [-0.15, -0.1) is 0 Å². The van der Waals surface area contributed by atoms with Crippen molar-refractivity contribution >= 4 is 27.3 Å². The summed E-state index contributed by atoms with van der Waals surface area (Å²) >= 11 is 5.08. The van der Waals surface area contributed by atoms with Gasteiger partial charge in [0.15, 0.2) is 0 Å². The van der Waals surface area contributed by atoms with Gasteiger partial charge in [-0.25, -0.2) is 4.39 Å². The molecule has 0 aliphatic heterocycles. The Balaban J connectivity index is 2.42. The third-order valence-corrected chi connectivity index (χ3v) is 4.45. The molecular formula is C15H17BrFNS. The minimum atomic E-state index is -0.164. The van der Waals surface area contributed by atoms with Gasteiger partial charge in [-0.3, -0.25) is 0 Å². The first-order chi connectivity index (χ1) is 9.13. The predicted molar refractivity (Wildman–Crippen MR) is 83.3 cm³/mol. The summed E-state index contributed by atoms with van der Waals surface area (Å²) in [6.45, 7) is 5.05. The number of hydrogen-bond acceptors (Lipinski definition) is 2. The molecule has 102 valence electrons. The zero-order chi connectivity index (χ0) is 13.8. The SMILES string of the molecule is CCCNC(c1cscc1C)c1cc(Br)ccc1F. The van der Waals surface area contributed by atoms with Gasteiger partial charge in [-0.2, -0.15) is 11.3 Å². The lowest BCUT2D eigenvalue weighted by Gasteiger charge is -2.20. The van der Waals surface area contributed by atoms with Crippen LogP contribution in [0.1, 0.15) is 36.1 Å². The van der Waals surface area contributed by atoms with E-state index in [1.165, 1.54) is 11.6 Å². The van der Waals surface area contributed by atoms with E-state index in [1.807, 2.05) is 6.07 Å². The first kappa shape index (κ1) is 14.7. The van der Waals surface area contributed by atoms with Crippen LogP contribution in [0.25, 0.3) is 0 Å². The van der Waals surface area contributed by atoms with Gasteiger partial charge in [-0.1, -0.05) is 22.9 Å². The van der Waals surface area contributed by atoms with Crippen LogP contribution in [0, 0.1) is 12.7 Å². The molecule has 0 aliphatic rings. The third-order valence-electron chi connectivity index (χ3n) is 3.07. The third kappa shape index (κ3) is 3.44. The maximum Gasteiger partial charge on any atom is 0.128 e. The minimum Gasteiger partial charge on any atom is -0.306 e. The monoisotopic (exact) mass is 341 g/mol. The Morgan fingerprint density at radius 2 is 2.11 bits per heavy atom. The molecule has 4 heteroatoms. The smallest absolute Gasteiger partial charge is 0.128 e. The molecule has 2 rings (SSSR count). The number of benzene rings is 1. The molecule has 1 unspecified atom stereocenters. The minimum absolute atomic E-state index is 0.0799. The fraction of sp³-hybridized carbons (Fsp3) is 0.333. The quantitative estimate of drug-likeness (QED) is 0.802. The van der Waals surface area contributed by atoms with Gasteiger partial charge in [0, 0.05) is 10.0 Å². The molecule has 1 aromatic heterocycles. The Hall–Kier alpha value is -0.710. The maximum absolute atomic E-state index is 14.1. The van der Waals surface area contributed by atoms with Crippen molar-refractivity contribution in [2.75, 3.05) is 6.54 Å². The van der Waals surface area contributed by atoms with Gasteiger partial charge >= 0.3 is 0 Å². The molecular weight excluding hydrogens is 325 g/mol. The highest BCUT2D eigenvalue weighted by Gasteiger charge is 2.19. The lowest BCUT2D eigenvalue weighted by atomic mass is 9.98. The maximum atomic E-state index is 14.1. The molecule has 2 aromatic rings. The van der Waals surface area contributed by atoms with Crippen LogP contribution in [0.4, 0.5) is 4.39 Å². The van der Waals surface area contributed by atoms with Crippen molar-refractivity contribution in [3.8, 4) is 0 Å². The van der Waals surface area contributed by atoms with Gasteiger partial charge in [0.1, 0.15) is 5.82 Å². The summed E-state index contributed by atoms with van der Waals surface area (Å²) in [5, 5.41) is 7.65. The average molecular weight is 342 g/mol. The number of rotatable bonds is 5. The topological polar surface area (TPSA) is 12.0 Å². The molecule has 0 aliphatic carbocycles. The van der Waals surface area contributed by atoms with Gasteiger partial charge in [-0.05, 0) is 60.0 Å². The highest BCUT2D eigenvalue weighted by molar-refractivity contribution is 9.10. The number of nitrogens with one attached hydrogen (secondary N) is 1. The predicted octanol–water partition coefficient (Wildman–Crippen LogP) is 5.05. The van der Waals surface area contributed by atoms with Crippen LogP contribution in [0.15, 0.2) is 33.4 Å². The largest absolute Gasteiger partial charge is 0.306 e. The Kier molecular flexibility index (Phi) is 5.13. The van der Waals surface area contributed by atoms with E-state index >= 15 is 0 Å². The Morgan fingerprint density at radius 1 is 1.32 bits per heavy atom. The fourth-order valence-electron chi connectivity index (χ4n) is 2.08. The molecule has 1 nitrogen and oxygen atoms in total. The van der Waals surface area contributed by atoms with Crippen molar-refractivity contribution in [2.24, 2.45) is 0 Å². The standard InChI is InChI=1S/C15H17BrFNS/c1-3-6-18-15(13-9-19-8-10(13)2)12-7-11(16)4-5-14(12)17/h4-5,7-9,15,18H,3,6H2,1-2H3. The average Bonchev–Trinajstić information content (AvgIpc) is 2.80. The zero-order valence-electron chi connectivity index (χ0n) is 11.0. The summed E-state index contributed by atoms with van der Waals surface area (Å²) in [4.78, 5) is 0. The molecule has 0 spiro atoms. The van der Waals surface area contributed by atoms with Crippen LogP contribution in [0.2, 0.25) is 0 Å². The Bertz CT molecular complexity index is 553. The molecule has 0 fully saturated rings. The van der Waals surface area contributed by atoms with E-state index in [1.54, 1.807) is 17.4 Å². The van der Waals surface area contributed by atoms with Crippen molar-refractivity contribution in [2.45, 2.75) is 26.3 Å². The van der Waals surface area contributed by atoms with Gasteiger partial charge in [0.05, 0.1) is 6.04 Å². The highest BCUT2D eigenvalue weighted by Crippen LogP contribution is 2.30. The van der Waals surface area contributed by atoms with Crippen molar-refractivity contribution in [3.63, 3.8) is 0 Å². The van der Waals surface area contributed by atoms with Crippen LogP contribution in [-0.4, -0.2) is 6.54 Å². The second-order valence-corrected chi connectivity index (χ2v) is 6.22. The molecule has 0 bridgehead atoms. The summed E-state index contributed by atoms with van der Waals surface area (Å²) in [5.74, 6) is -0.164. The summed E-state index contributed by atoms with van der Waals surface area (Å²) in [7, 11) is 0. The van der Waals surface area contributed by atoms with E-state index in [0.29, 0.717) is 5.56 Å². The van der Waals surface area contributed by atoms with Crippen molar-refractivity contribution in [1.82, 2.24) is 5.32 Å². The Labute approximate surface area is 126 Å². The van der Waals surface area contributed by atoms with Crippen LogP contribution in [-0.2, 0) is 0 Å². The van der Waals surface area contributed by atoms with Crippen LogP contribution >= 0.6 is 27.3 Å². The summed E-state index contributed by atoms with van der Waals surface area (Å²) < 4.78 is 15.0. The molecule has 0 saturated carbocycles. The van der Waals surface area contributed by atoms with Gasteiger partial charge in [0.2, 0.25) is 0 Å². The van der Waals surface area contributed by atoms with Crippen LogP contribution in [0.3, 0.4) is 0 Å². The molecule has 0 amide bonds. The zero-order valence-corrected chi connectivity index (χ0v) is 13.4. The molecule has 1 atom stereocenters. The van der Waals surface area contributed by atoms with Crippen molar-refractivity contribution < 1.29 is 4.39 Å². The van der Waals surface area contributed by atoms with E-state index in [2.05, 4.69) is 45.9 Å². The van der Waals surface area contributed by atoms with E-state index in [-0.39, 0.29) is 11.9 Å². The molecule has 1 heterocycles. The summed E-state index contributed by atoms with van der Waals surface area (Å²) in [6.07, 6.45) is 1.02. The molecule has 1 N–H and O–H groups in total. The first-order valence-electron chi connectivity index (χ1n) is 6.34. The van der Waals surface area contributed by atoms with E-state index in [9.17, 15) is 4.39 Å². The second-order valence-electron chi connectivity index (χ2n) is 4.56. The van der Waals surface area contributed by atoms with E-state index in [4.69, 9.17) is 0 Å². The van der Waals surface area contributed by atoms with E-state index < -0.39 is 0 Å². The normalized spacial score (nSPS) is 12.6. The highest BCUT2D eigenvalue weighted by atomic mass is 79.9. The fourth-order valence-corrected chi connectivity index (χ4v) is 3.33. The van der Waals surface area contributed by atoms with Crippen molar-refractivity contribution in [1.29, 1.82) is 0 Å². The van der Waals surface area contributed by atoms with Crippen molar-refractivity contribution in [3.05, 3.63) is 55.9 Å². The van der Waals surface area contributed by atoms with E-state index in [0.717, 1.165) is 23.0 Å². The van der Waals surface area contributed by atoms with Crippen LogP contribution in [0.5, 0.6) is 0 Å². The first-order valence-corrected chi connectivity index (χ1v) is 8.08. The van der Waals surface area contributed by atoms with Gasteiger partial charge in [0.25, 0.3) is 0 Å². The number of aryl methyl sites for hydroxylation is 1. The Morgan fingerprint density at radius 3 is 2.74 bits per heavy atom. The molecule has 0 saturated heterocycles. The van der Waals surface area contributed by atoms with Gasteiger partial charge < -0.3 is 5.32 Å². The number of hydrogen-bond donors (Lipinski definition) is 1. The summed E-state index contributed by atoms with van der Waals surface area (Å²) in [5.41, 5.74) is 3.07. The van der Waals surface area contributed by atoms with Crippen LogP contribution < -0.4 is 5.32 Å².